The van der Waals surface area contributed by atoms with E-state index in [9.17, 15) is 13.2 Å². The van der Waals surface area contributed by atoms with E-state index < -0.39 is 15.9 Å². The van der Waals surface area contributed by atoms with E-state index in [-0.39, 0.29) is 18.0 Å². The molecule has 0 radical (unpaired) electrons. The third-order valence-electron chi connectivity index (χ3n) is 5.87. The van der Waals surface area contributed by atoms with Crippen molar-refractivity contribution in [3.05, 3.63) is 96.6 Å². The van der Waals surface area contributed by atoms with E-state index in [1.54, 1.807) is 6.07 Å². The molecule has 8 heteroatoms. The minimum absolute atomic E-state index is 0.0196. The van der Waals surface area contributed by atoms with E-state index in [4.69, 9.17) is 9.47 Å². The molecule has 0 fully saturated rings. The normalized spacial score (nSPS) is 11.4. The van der Waals surface area contributed by atoms with Gasteiger partial charge in [-0.25, -0.2) is 8.42 Å². The summed E-state index contributed by atoms with van der Waals surface area (Å²) in [6.45, 7) is -0.212. The Morgan fingerprint density at radius 1 is 0.833 bits per heavy atom. The van der Waals surface area contributed by atoms with Crippen LogP contribution in [0.25, 0.3) is 10.8 Å². The molecule has 0 spiro atoms. The van der Waals surface area contributed by atoms with Crippen molar-refractivity contribution in [3.63, 3.8) is 0 Å². The van der Waals surface area contributed by atoms with Gasteiger partial charge in [0.05, 0.1) is 25.7 Å². The third kappa shape index (κ3) is 5.67. The molecule has 1 amide bonds. The maximum Gasteiger partial charge on any atom is 0.243 e. The molecule has 186 valence electrons. The van der Waals surface area contributed by atoms with E-state index in [1.165, 1.54) is 36.7 Å². The molecule has 0 aliphatic heterocycles. The molecule has 7 nitrogen and oxygen atoms in total. The highest BCUT2D eigenvalue weighted by atomic mass is 32.2. The van der Waals surface area contributed by atoms with Crippen LogP contribution in [-0.4, -0.2) is 45.9 Å². The Morgan fingerprint density at radius 2 is 1.53 bits per heavy atom. The summed E-state index contributed by atoms with van der Waals surface area (Å²) >= 11 is 0. The number of nitrogens with one attached hydrogen (secondary N) is 1. The molecule has 0 atom stereocenters. The second kappa shape index (κ2) is 11.2. The number of fused-ring (bicyclic) bond motifs is 1. The lowest BCUT2D eigenvalue weighted by Gasteiger charge is -2.23. The monoisotopic (exact) mass is 504 g/mol. The summed E-state index contributed by atoms with van der Waals surface area (Å²) < 4.78 is 39.1. The number of amides is 1. The van der Waals surface area contributed by atoms with Gasteiger partial charge in [-0.15, -0.1) is 0 Å². The zero-order valence-corrected chi connectivity index (χ0v) is 21.0. The van der Waals surface area contributed by atoms with Crippen LogP contribution in [0.3, 0.4) is 0 Å². The number of benzene rings is 4. The van der Waals surface area contributed by atoms with Crippen LogP contribution >= 0.6 is 0 Å². The number of rotatable bonds is 10. The van der Waals surface area contributed by atoms with Gasteiger partial charge < -0.3 is 14.8 Å². The van der Waals surface area contributed by atoms with Gasteiger partial charge in [0, 0.05) is 23.7 Å². The molecule has 0 saturated heterocycles. The highest BCUT2D eigenvalue weighted by molar-refractivity contribution is 7.89. The first-order valence-electron chi connectivity index (χ1n) is 11.5. The van der Waals surface area contributed by atoms with Gasteiger partial charge in [0.25, 0.3) is 0 Å². The Bertz CT molecular complexity index is 1450. The number of ether oxygens (including phenoxy) is 2. The van der Waals surface area contributed by atoms with Crippen LogP contribution in [0.15, 0.2) is 95.9 Å². The fraction of sp³-hybridized carbons (Fsp3) is 0.179. The summed E-state index contributed by atoms with van der Waals surface area (Å²) in [4.78, 5) is 13.1. The Balaban J connectivity index is 1.62. The molecule has 0 unspecified atom stereocenters. The minimum Gasteiger partial charge on any atom is -0.493 e. The number of carbonyl (C=O) groups is 1. The van der Waals surface area contributed by atoms with E-state index in [0.29, 0.717) is 23.6 Å². The number of hydrogen-bond acceptors (Lipinski definition) is 5. The molecule has 0 bridgehead atoms. The Morgan fingerprint density at radius 3 is 2.28 bits per heavy atom. The van der Waals surface area contributed by atoms with E-state index in [0.717, 1.165) is 16.3 Å². The van der Waals surface area contributed by atoms with Gasteiger partial charge in [0.15, 0.2) is 11.5 Å². The van der Waals surface area contributed by atoms with Crippen LogP contribution in [0, 0.1) is 0 Å². The van der Waals surface area contributed by atoms with Gasteiger partial charge in [0.1, 0.15) is 0 Å². The molecule has 4 rings (SSSR count). The van der Waals surface area contributed by atoms with E-state index >= 15 is 0 Å². The fourth-order valence-corrected chi connectivity index (χ4v) is 5.41. The first-order valence-corrected chi connectivity index (χ1v) is 12.9. The highest BCUT2D eigenvalue weighted by Gasteiger charge is 2.28. The topological polar surface area (TPSA) is 84.9 Å². The van der Waals surface area contributed by atoms with Crippen LogP contribution in [-0.2, 0) is 21.2 Å². The van der Waals surface area contributed by atoms with E-state index in [1.807, 2.05) is 66.7 Å². The molecule has 0 saturated carbocycles. The maximum absolute atomic E-state index is 13.7. The number of hydrogen-bond donors (Lipinski definition) is 1. The van der Waals surface area contributed by atoms with Gasteiger partial charge in [0.2, 0.25) is 15.9 Å². The van der Waals surface area contributed by atoms with Crippen LogP contribution < -0.4 is 14.8 Å². The number of carbonyl (C=O) groups excluding carboxylic acids is 1. The smallest absolute Gasteiger partial charge is 0.243 e. The largest absolute Gasteiger partial charge is 0.493 e. The predicted octanol–water partition coefficient (Wildman–Crippen LogP) is 4.73. The minimum atomic E-state index is -4.02. The molecule has 0 heterocycles. The van der Waals surface area contributed by atoms with Crippen molar-refractivity contribution in [2.75, 3.05) is 32.6 Å². The van der Waals surface area contributed by atoms with Gasteiger partial charge in [-0.1, -0.05) is 66.7 Å². The van der Waals surface area contributed by atoms with Crippen molar-refractivity contribution in [1.82, 2.24) is 4.31 Å². The lowest BCUT2D eigenvalue weighted by atomic mass is 10.1. The van der Waals surface area contributed by atoms with Gasteiger partial charge >= 0.3 is 0 Å². The molecule has 0 aliphatic rings. The lowest BCUT2D eigenvalue weighted by molar-refractivity contribution is -0.116. The van der Waals surface area contributed by atoms with Crippen LogP contribution in [0.5, 0.6) is 11.5 Å². The summed E-state index contributed by atoms with van der Waals surface area (Å²) in [6, 6.07) is 27.3. The summed E-state index contributed by atoms with van der Waals surface area (Å²) in [5.41, 5.74) is 1.60. The standard InChI is InChI=1S/C28H28N2O5S/c1-34-26-16-15-23(19-27(26)35-2)36(32,33)30(18-17-21-9-4-3-5-10-21)20-28(31)29-25-14-8-12-22-11-6-7-13-24(22)25/h3-16,19H,17-18,20H2,1-2H3,(H,29,31). The molecule has 1 N–H and O–H groups in total. The SMILES string of the molecule is COc1ccc(S(=O)(=O)N(CCc2ccccc2)CC(=O)Nc2cccc3ccccc23)cc1OC. The number of nitrogens with zero attached hydrogens (tertiary/aromatic N) is 1. The van der Waals surface area contributed by atoms with Crippen molar-refractivity contribution in [2.45, 2.75) is 11.3 Å². The first-order chi connectivity index (χ1) is 17.4. The molecule has 4 aromatic carbocycles. The summed E-state index contributed by atoms with van der Waals surface area (Å²) in [5.74, 6) is 0.284. The third-order valence-corrected chi connectivity index (χ3v) is 7.71. The summed E-state index contributed by atoms with van der Waals surface area (Å²) in [6.07, 6.45) is 0.453. The fourth-order valence-electron chi connectivity index (χ4n) is 3.99. The summed E-state index contributed by atoms with van der Waals surface area (Å²) in [5, 5.41) is 4.75. The average Bonchev–Trinajstić information content (AvgIpc) is 2.91. The van der Waals surface area contributed by atoms with E-state index in [2.05, 4.69) is 5.32 Å². The first kappa shape index (κ1) is 25.2. The lowest BCUT2D eigenvalue weighted by Crippen LogP contribution is -2.39. The molecule has 36 heavy (non-hydrogen) atoms. The molecule has 0 aliphatic carbocycles. The van der Waals surface area contributed by atoms with Crippen molar-refractivity contribution in [3.8, 4) is 11.5 Å². The van der Waals surface area contributed by atoms with Crippen LogP contribution in [0.1, 0.15) is 5.56 Å². The van der Waals surface area contributed by atoms with Crippen molar-refractivity contribution in [1.29, 1.82) is 0 Å². The van der Waals surface area contributed by atoms with Gasteiger partial charge in [-0.2, -0.15) is 4.31 Å². The zero-order valence-electron chi connectivity index (χ0n) is 20.2. The number of sulfonamides is 1. The highest BCUT2D eigenvalue weighted by Crippen LogP contribution is 2.31. The van der Waals surface area contributed by atoms with Gasteiger partial charge in [-0.3, -0.25) is 4.79 Å². The predicted molar refractivity (Wildman–Crippen MR) is 141 cm³/mol. The molecule has 0 aromatic heterocycles. The Kier molecular flexibility index (Phi) is 7.87. The van der Waals surface area contributed by atoms with Crippen molar-refractivity contribution >= 4 is 32.4 Å². The maximum atomic E-state index is 13.7. The van der Waals surface area contributed by atoms with Crippen LogP contribution in [0.2, 0.25) is 0 Å². The Labute approximate surface area is 211 Å². The van der Waals surface area contributed by atoms with Gasteiger partial charge in [-0.05, 0) is 35.6 Å². The average molecular weight is 505 g/mol. The molecule has 4 aromatic rings. The molecular formula is C28H28N2O5S. The molecular weight excluding hydrogens is 476 g/mol. The summed E-state index contributed by atoms with van der Waals surface area (Å²) in [7, 11) is -1.10. The van der Waals surface area contributed by atoms with Crippen molar-refractivity contribution in [2.24, 2.45) is 0 Å². The van der Waals surface area contributed by atoms with Crippen molar-refractivity contribution < 1.29 is 22.7 Å². The second-order valence-electron chi connectivity index (χ2n) is 8.17. The quantitative estimate of drug-likeness (QED) is 0.338. The zero-order chi connectivity index (χ0) is 25.5. The second-order valence-corrected chi connectivity index (χ2v) is 10.1. The van der Waals surface area contributed by atoms with Crippen LogP contribution in [0.4, 0.5) is 5.69 Å². The number of anilines is 1. The number of methoxy groups -OCH3 is 2. The Hall–Kier alpha value is -3.88.